The molecular weight excluding hydrogens is 416 g/mol. The van der Waals surface area contributed by atoms with E-state index in [1.54, 1.807) is 24.3 Å². The van der Waals surface area contributed by atoms with Gasteiger partial charge in [0.1, 0.15) is 5.75 Å². The van der Waals surface area contributed by atoms with E-state index in [2.05, 4.69) is 17.8 Å². The molecule has 2 aromatic carbocycles. The van der Waals surface area contributed by atoms with Crippen LogP contribution in [0.15, 0.2) is 54.6 Å². The highest BCUT2D eigenvalue weighted by Crippen LogP contribution is 2.49. The fraction of sp³-hybridized carbons (Fsp3) is 0.481. The van der Waals surface area contributed by atoms with Gasteiger partial charge in [0.05, 0.1) is 11.6 Å². The van der Waals surface area contributed by atoms with Gasteiger partial charge in [-0.15, -0.1) is 0 Å². The largest absolute Gasteiger partial charge is 0.484 e. The third-order valence-corrected chi connectivity index (χ3v) is 8.35. The summed E-state index contributed by atoms with van der Waals surface area (Å²) in [6.45, 7) is 0.684. The summed E-state index contributed by atoms with van der Waals surface area (Å²) < 4.78 is 5.77. The van der Waals surface area contributed by atoms with Gasteiger partial charge in [-0.25, -0.2) is 0 Å². The number of nitriles is 1. The Hall–Kier alpha value is -2.45. The number of hydrogen-bond acceptors (Lipinski definition) is 4. The standard InChI is InChI=1S/C27H32N2O2S/c28-18-22-10-9-13-24(16-22)31-20-26(30)29(23-11-5-4-6-12-23)19-25-17-27(21-32-25)14-7-2-1-3-8-15-27/h4-6,9-13,16,25H,1-3,7-8,14-15,17,19-21H2. The first-order valence-electron chi connectivity index (χ1n) is 11.8. The van der Waals surface area contributed by atoms with E-state index in [1.165, 1.54) is 57.1 Å². The van der Waals surface area contributed by atoms with Crippen LogP contribution in [0.3, 0.4) is 0 Å². The molecule has 5 heteroatoms. The van der Waals surface area contributed by atoms with Crippen molar-refractivity contribution >= 4 is 23.4 Å². The van der Waals surface area contributed by atoms with Gasteiger partial charge in [-0.05, 0) is 60.8 Å². The van der Waals surface area contributed by atoms with Crippen molar-refractivity contribution < 1.29 is 9.53 Å². The number of amides is 1. The number of benzene rings is 2. The molecule has 2 aromatic rings. The Bertz CT molecular complexity index is 932. The maximum Gasteiger partial charge on any atom is 0.264 e. The van der Waals surface area contributed by atoms with Crippen LogP contribution in [0.2, 0.25) is 0 Å². The van der Waals surface area contributed by atoms with E-state index >= 15 is 0 Å². The van der Waals surface area contributed by atoms with E-state index in [0.29, 0.717) is 22.0 Å². The molecule has 1 aliphatic carbocycles. The Morgan fingerprint density at radius 2 is 1.81 bits per heavy atom. The highest BCUT2D eigenvalue weighted by Gasteiger charge is 2.40. The summed E-state index contributed by atoms with van der Waals surface area (Å²) in [4.78, 5) is 15.2. The molecule has 0 bridgehead atoms. The third-order valence-electron chi connectivity index (χ3n) is 6.78. The number of para-hydroxylation sites is 1. The number of nitrogens with zero attached hydrogens (tertiary/aromatic N) is 2. The second-order valence-electron chi connectivity index (χ2n) is 9.17. The molecule has 0 aromatic heterocycles. The second kappa shape index (κ2) is 10.9. The minimum atomic E-state index is -0.0437. The average Bonchev–Trinajstić information content (AvgIpc) is 3.23. The second-order valence-corrected chi connectivity index (χ2v) is 10.5. The minimum Gasteiger partial charge on any atom is -0.484 e. The Morgan fingerprint density at radius 3 is 2.56 bits per heavy atom. The van der Waals surface area contributed by atoms with Gasteiger partial charge in [0.15, 0.2) is 6.61 Å². The predicted octanol–water partition coefficient (Wildman–Crippen LogP) is 6.21. The molecule has 168 valence electrons. The Morgan fingerprint density at radius 1 is 1.06 bits per heavy atom. The lowest BCUT2D eigenvalue weighted by Gasteiger charge is -2.31. The van der Waals surface area contributed by atoms with E-state index in [-0.39, 0.29) is 12.5 Å². The van der Waals surface area contributed by atoms with Crippen LogP contribution in [-0.2, 0) is 4.79 Å². The van der Waals surface area contributed by atoms with Gasteiger partial charge in [-0.3, -0.25) is 4.79 Å². The molecule has 32 heavy (non-hydrogen) atoms. The summed E-state index contributed by atoms with van der Waals surface area (Å²) in [5, 5.41) is 9.55. The highest BCUT2D eigenvalue weighted by molar-refractivity contribution is 8.00. The molecule has 0 N–H and O–H groups in total. The van der Waals surface area contributed by atoms with Crippen molar-refractivity contribution in [2.24, 2.45) is 5.41 Å². The summed E-state index contributed by atoms with van der Waals surface area (Å²) in [7, 11) is 0. The normalized spacial score (nSPS) is 20.2. The van der Waals surface area contributed by atoms with Crippen molar-refractivity contribution in [1.29, 1.82) is 5.26 Å². The third kappa shape index (κ3) is 5.86. The number of carbonyl (C=O) groups is 1. The van der Waals surface area contributed by atoms with Gasteiger partial charge in [-0.1, -0.05) is 56.4 Å². The predicted molar refractivity (Wildman–Crippen MR) is 131 cm³/mol. The van der Waals surface area contributed by atoms with Gasteiger partial charge in [-0.2, -0.15) is 17.0 Å². The average molecular weight is 449 g/mol. The zero-order valence-electron chi connectivity index (χ0n) is 18.7. The molecule has 1 heterocycles. The SMILES string of the molecule is N#Cc1cccc(OCC(=O)N(CC2CC3(CCCCCCC3)CS2)c2ccccc2)c1. The topological polar surface area (TPSA) is 53.3 Å². The zero-order valence-corrected chi connectivity index (χ0v) is 19.5. The van der Waals surface area contributed by atoms with Crippen molar-refractivity contribution in [3.05, 3.63) is 60.2 Å². The molecule has 4 nitrogen and oxygen atoms in total. The number of thioether (sulfide) groups is 1. The molecule has 2 fully saturated rings. The van der Waals surface area contributed by atoms with E-state index < -0.39 is 0 Å². The number of anilines is 1. The molecule has 1 atom stereocenters. The summed E-state index contributed by atoms with van der Waals surface area (Å²) in [5.41, 5.74) is 1.92. The maximum absolute atomic E-state index is 13.3. The van der Waals surface area contributed by atoms with Crippen LogP contribution in [0.5, 0.6) is 5.75 Å². The number of rotatable bonds is 6. The minimum absolute atomic E-state index is 0.0354. The molecule has 0 radical (unpaired) electrons. The number of carbonyl (C=O) groups excluding carboxylic acids is 1. The first-order valence-corrected chi connectivity index (χ1v) is 12.8. The van der Waals surface area contributed by atoms with Crippen molar-refractivity contribution in [2.45, 2.75) is 56.6 Å². The van der Waals surface area contributed by atoms with Crippen LogP contribution >= 0.6 is 11.8 Å². The summed E-state index contributed by atoms with van der Waals surface area (Å²) >= 11 is 2.05. The van der Waals surface area contributed by atoms with E-state index in [0.717, 1.165) is 12.2 Å². The van der Waals surface area contributed by atoms with Crippen molar-refractivity contribution in [3.63, 3.8) is 0 Å². The van der Waals surface area contributed by atoms with Crippen LogP contribution in [0.1, 0.15) is 56.9 Å². The fourth-order valence-electron chi connectivity index (χ4n) is 5.06. The molecule has 2 aliphatic rings. The Balaban J connectivity index is 1.43. The lowest BCUT2D eigenvalue weighted by Crippen LogP contribution is -2.39. The van der Waals surface area contributed by atoms with E-state index in [1.807, 2.05) is 35.2 Å². The van der Waals surface area contributed by atoms with Gasteiger partial charge in [0.2, 0.25) is 0 Å². The first kappa shape index (κ1) is 22.7. The van der Waals surface area contributed by atoms with Gasteiger partial charge >= 0.3 is 0 Å². The summed E-state index contributed by atoms with van der Waals surface area (Å²) in [6, 6.07) is 19.0. The van der Waals surface area contributed by atoms with Gasteiger partial charge in [0, 0.05) is 17.5 Å². The molecule has 1 amide bonds. The van der Waals surface area contributed by atoms with Crippen LogP contribution in [0, 0.1) is 16.7 Å². The van der Waals surface area contributed by atoms with Crippen LogP contribution in [0.25, 0.3) is 0 Å². The molecule has 1 spiro atoms. The number of ether oxygens (including phenoxy) is 1. The quantitative estimate of drug-likeness (QED) is 0.527. The maximum atomic E-state index is 13.3. The van der Waals surface area contributed by atoms with Crippen LogP contribution in [0.4, 0.5) is 5.69 Å². The number of hydrogen-bond donors (Lipinski definition) is 0. The van der Waals surface area contributed by atoms with E-state index in [4.69, 9.17) is 10.00 Å². The molecule has 1 aliphatic heterocycles. The molecule has 1 unspecified atom stereocenters. The molecule has 1 saturated heterocycles. The lowest BCUT2D eigenvalue weighted by atomic mass is 9.75. The lowest BCUT2D eigenvalue weighted by molar-refractivity contribution is -0.120. The van der Waals surface area contributed by atoms with Crippen LogP contribution in [-0.4, -0.2) is 30.1 Å². The molecule has 1 saturated carbocycles. The summed E-state index contributed by atoms with van der Waals surface area (Å²) in [6.07, 6.45) is 10.7. The highest BCUT2D eigenvalue weighted by atomic mass is 32.2. The van der Waals surface area contributed by atoms with E-state index in [9.17, 15) is 4.79 Å². The fourth-order valence-corrected chi connectivity index (χ4v) is 6.78. The van der Waals surface area contributed by atoms with Gasteiger partial charge in [0.25, 0.3) is 5.91 Å². The van der Waals surface area contributed by atoms with Crippen molar-refractivity contribution in [1.82, 2.24) is 0 Å². The zero-order chi connectivity index (χ0) is 22.2. The molecular formula is C27H32N2O2S. The molecule has 4 rings (SSSR count). The smallest absolute Gasteiger partial charge is 0.264 e. The van der Waals surface area contributed by atoms with Crippen molar-refractivity contribution in [3.8, 4) is 11.8 Å². The summed E-state index contributed by atoms with van der Waals surface area (Å²) in [5.74, 6) is 1.73. The van der Waals surface area contributed by atoms with Gasteiger partial charge < -0.3 is 9.64 Å². The Kier molecular flexibility index (Phi) is 7.76. The monoisotopic (exact) mass is 448 g/mol. The Labute approximate surface area is 196 Å². The first-order chi connectivity index (χ1) is 15.7. The van der Waals surface area contributed by atoms with Crippen LogP contribution < -0.4 is 9.64 Å². The van der Waals surface area contributed by atoms with Crippen molar-refractivity contribution in [2.75, 3.05) is 23.8 Å².